The van der Waals surface area contributed by atoms with Crippen molar-refractivity contribution in [2.75, 3.05) is 20.1 Å². The summed E-state index contributed by atoms with van der Waals surface area (Å²) in [5.74, 6) is 2.08. The Kier molecular flexibility index (Phi) is 6.99. The zero-order chi connectivity index (χ0) is 13.4. The standard InChI is InChI=1S/C12H21N3O2/c1-6-8-13-11(16)9(3)14-10(4)12(17)15(5)7-2/h1,9-10,14H,7-8H2,2-5H3,(H,13,16). The Balaban J connectivity index is 4.20. The van der Waals surface area contributed by atoms with Crippen molar-refractivity contribution in [3.8, 4) is 12.3 Å². The fraction of sp³-hybridized carbons (Fsp3) is 0.667. The molecule has 0 heterocycles. The number of rotatable bonds is 6. The Hall–Kier alpha value is -1.54. The lowest BCUT2D eigenvalue weighted by atomic mass is 10.2. The van der Waals surface area contributed by atoms with Crippen LogP contribution in [0.3, 0.4) is 0 Å². The molecule has 0 spiro atoms. The number of nitrogens with zero attached hydrogens (tertiary/aromatic N) is 1. The number of carbonyl (C=O) groups excluding carboxylic acids is 2. The third-order valence-electron chi connectivity index (χ3n) is 2.48. The summed E-state index contributed by atoms with van der Waals surface area (Å²) in [6.45, 7) is 6.17. The molecule has 0 bridgehead atoms. The van der Waals surface area contributed by atoms with Crippen LogP contribution in [0.5, 0.6) is 0 Å². The van der Waals surface area contributed by atoms with E-state index >= 15 is 0 Å². The number of carbonyl (C=O) groups is 2. The van der Waals surface area contributed by atoms with Gasteiger partial charge in [0.1, 0.15) is 0 Å². The predicted octanol–water partition coefficient (Wildman–Crippen LogP) is -0.419. The van der Waals surface area contributed by atoms with Crippen LogP contribution >= 0.6 is 0 Å². The zero-order valence-electron chi connectivity index (χ0n) is 10.9. The average Bonchev–Trinajstić information content (AvgIpc) is 2.33. The van der Waals surface area contributed by atoms with Crippen LogP contribution < -0.4 is 10.6 Å². The Bertz CT molecular complexity index is 309. The maximum absolute atomic E-state index is 11.7. The van der Waals surface area contributed by atoms with Crippen molar-refractivity contribution in [1.82, 2.24) is 15.5 Å². The van der Waals surface area contributed by atoms with E-state index in [1.165, 1.54) is 0 Å². The third-order valence-corrected chi connectivity index (χ3v) is 2.48. The van der Waals surface area contributed by atoms with Gasteiger partial charge >= 0.3 is 0 Å². The van der Waals surface area contributed by atoms with Gasteiger partial charge in [0.15, 0.2) is 0 Å². The molecule has 0 aliphatic carbocycles. The number of terminal acetylenes is 1. The van der Waals surface area contributed by atoms with E-state index < -0.39 is 12.1 Å². The van der Waals surface area contributed by atoms with Gasteiger partial charge in [-0.15, -0.1) is 6.42 Å². The van der Waals surface area contributed by atoms with Crippen molar-refractivity contribution >= 4 is 11.8 Å². The van der Waals surface area contributed by atoms with Gasteiger partial charge < -0.3 is 10.2 Å². The normalized spacial score (nSPS) is 13.4. The van der Waals surface area contributed by atoms with E-state index in [9.17, 15) is 9.59 Å². The molecule has 0 saturated carbocycles. The highest BCUT2D eigenvalue weighted by atomic mass is 16.2. The maximum atomic E-state index is 11.7. The molecule has 0 saturated heterocycles. The summed E-state index contributed by atoms with van der Waals surface area (Å²) < 4.78 is 0. The molecule has 2 unspecified atom stereocenters. The quantitative estimate of drug-likeness (QED) is 0.619. The Morgan fingerprint density at radius 3 is 2.41 bits per heavy atom. The van der Waals surface area contributed by atoms with Crippen LogP contribution in [0.25, 0.3) is 0 Å². The molecule has 96 valence electrons. The Morgan fingerprint density at radius 1 is 1.35 bits per heavy atom. The minimum atomic E-state index is -0.451. The van der Waals surface area contributed by atoms with Crippen molar-refractivity contribution < 1.29 is 9.59 Å². The van der Waals surface area contributed by atoms with Crippen molar-refractivity contribution in [3.05, 3.63) is 0 Å². The van der Waals surface area contributed by atoms with Gasteiger partial charge in [0.2, 0.25) is 11.8 Å². The summed E-state index contributed by atoms with van der Waals surface area (Å²) in [5.41, 5.74) is 0. The van der Waals surface area contributed by atoms with Crippen molar-refractivity contribution in [2.24, 2.45) is 0 Å². The summed E-state index contributed by atoms with van der Waals surface area (Å²) >= 11 is 0. The summed E-state index contributed by atoms with van der Waals surface area (Å²) in [5, 5.41) is 5.49. The van der Waals surface area contributed by atoms with Crippen LogP contribution in [0.15, 0.2) is 0 Å². The summed E-state index contributed by atoms with van der Waals surface area (Å²) in [6, 6.07) is -0.848. The molecule has 17 heavy (non-hydrogen) atoms. The highest BCUT2D eigenvalue weighted by Crippen LogP contribution is 1.94. The van der Waals surface area contributed by atoms with E-state index in [4.69, 9.17) is 6.42 Å². The van der Waals surface area contributed by atoms with Gasteiger partial charge in [-0.05, 0) is 20.8 Å². The van der Waals surface area contributed by atoms with Crippen molar-refractivity contribution in [1.29, 1.82) is 0 Å². The number of likely N-dealkylation sites (N-methyl/N-ethyl adjacent to an activating group) is 1. The maximum Gasteiger partial charge on any atom is 0.239 e. The van der Waals surface area contributed by atoms with Gasteiger partial charge in [-0.25, -0.2) is 0 Å². The van der Waals surface area contributed by atoms with Gasteiger partial charge in [-0.1, -0.05) is 5.92 Å². The summed E-state index contributed by atoms with van der Waals surface area (Å²) in [4.78, 5) is 24.9. The largest absolute Gasteiger partial charge is 0.345 e. The van der Waals surface area contributed by atoms with E-state index in [-0.39, 0.29) is 18.4 Å². The first-order valence-electron chi connectivity index (χ1n) is 5.66. The molecule has 0 radical (unpaired) electrons. The molecule has 5 heteroatoms. The Morgan fingerprint density at radius 2 is 1.94 bits per heavy atom. The second-order valence-electron chi connectivity index (χ2n) is 3.88. The highest BCUT2D eigenvalue weighted by molar-refractivity contribution is 5.84. The summed E-state index contributed by atoms with van der Waals surface area (Å²) in [7, 11) is 1.73. The molecule has 0 aliphatic rings. The minimum Gasteiger partial charge on any atom is -0.345 e. The van der Waals surface area contributed by atoms with E-state index in [1.54, 1.807) is 25.8 Å². The van der Waals surface area contributed by atoms with Gasteiger partial charge in [0.25, 0.3) is 0 Å². The number of hydrogen-bond acceptors (Lipinski definition) is 3. The number of amides is 2. The molecule has 0 rings (SSSR count). The van der Waals surface area contributed by atoms with Crippen LogP contribution in [-0.4, -0.2) is 48.9 Å². The molecule has 2 amide bonds. The molecule has 2 N–H and O–H groups in total. The number of hydrogen-bond donors (Lipinski definition) is 2. The second-order valence-corrected chi connectivity index (χ2v) is 3.88. The SMILES string of the molecule is C#CCNC(=O)C(C)NC(C)C(=O)N(C)CC. The van der Waals surface area contributed by atoms with Gasteiger partial charge in [-0.2, -0.15) is 0 Å². The van der Waals surface area contributed by atoms with Crippen LogP contribution in [0.2, 0.25) is 0 Å². The molecule has 0 aliphatic heterocycles. The lowest BCUT2D eigenvalue weighted by Crippen LogP contribution is -2.51. The van der Waals surface area contributed by atoms with E-state index in [2.05, 4.69) is 16.6 Å². The van der Waals surface area contributed by atoms with Crippen LogP contribution in [-0.2, 0) is 9.59 Å². The molecule has 0 aromatic rings. The lowest BCUT2D eigenvalue weighted by Gasteiger charge is -2.23. The van der Waals surface area contributed by atoms with Crippen LogP contribution in [0.1, 0.15) is 20.8 Å². The predicted molar refractivity (Wildman–Crippen MR) is 67.2 cm³/mol. The lowest BCUT2D eigenvalue weighted by molar-refractivity contribution is -0.132. The smallest absolute Gasteiger partial charge is 0.239 e. The van der Waals surface area contributed by atoms with E-state index in [0.29, 0.717) is 6.54 Å². The molecule has 0 aromatic heterocycles. The number of nitrogens with one attached hydrogen (secondary N) is 2. The monoisotopic (exact) mass is 239 g/mol. The molecule has 2 atom stereocenters. The first-order chi connectivity index (χ1) is 7.93. The van der Waals surface area contributed by atoms with Crippen molar-refractivity contribution in [2.45, 2.75) is 32.9 Å². The molecule has 0 fully saturated rings. The molecule has 5 nitrogen and oxygen atoms in total. The van der Waals surface area contributed by atoms with Crippen molar-refractivity contribution in [3.63, 3.8) is 0 Å². The van der Waals surface area contributed by atoms with Gasteiger partial charge in [0.05, 0.1) is 18.6 Å². The third kappa shape index (κ3) is 5.36. The molecular weight excluding hydrogens is 218 g/mol. The molecule has 0 aromatic carbocycles. The second kappa shape index (κ2) is 7.69. The average molecular weight is 239 g/mol. The van der Waals surface area contributed by atoms with E-state index in [1.807, 2.05) is 6.92 Å². The van der Waals surface area contributed by atoms with Gasteiger partial charge in [0, 0.05) is 13.6 Å². The van der Waals surface area contributed by atoms with E-state index in [0.717, 1.165) is 0 Å². The topological polar surface area (TPSA) is 61.4 Å². The fourth-order valence-electron chi connectivity index (χ4n) is 1.30. The summed E-state index contributed by atoms with van der Waals surface area (Å²) in [6.07, 6.45) is 5.04. The zero-order valence-corrected chi connectivity index (χ0v) is 10.9. The minimum absolute atomic E-state index is 0.0379. The van der Waals surface area contributed by atoms with Crippen LogP contribution in [0.4, 0.5) is 0 Å². The Labute approximate surface area is 103 Å². The first kappa shape index (κ1) is 15.5. The van der Waals surface area contributed by atoms with Crippen LogP contribution in [0, 0.1) is 12.3 Å². The first-order valence-corrected chi connectivity index (χ1v) is 5.66. The molecular formula is C12H21N3O2. The fourth-order valence-corrected chi connectivity index (χ4v) is 1.30. The van der Waals surface area contributed by atoms with Gasteiger partial charge in [-0.3, -0.25) is 14.9 Å². The highest BCUT2D eigenvalue weighted by Gasteiger charge is 2.21.